The summed E-state index contributed by atoms with van der Waals surface area (Å²) < 4.78 is 5.63. The number of anilines is 1. The first-order valence-corrected chi connectivity index (χ1v) is 13.2. The fraction of sp³-hybridized carbons (Fsp3) is 0.355. The molecule has 0 aromatic heterocycles. The fourth-order valence-electron chi connectivity index (χ4n) is 5.74. The number of hydrogen-bond acceptors (Lipinski definition) is 5. The first kappa shape index (κ1) is 25.2. The molecule has 1 N–H and O–H groups in total. The van der Waals surface area contributed by atoms with Crippen molar-refractivity contribution in [3.63, 3.8) is 0 Å². The zero-order valence-electron chi connectivity index (χ0n) is 21.3. The summed E-state index contributed by atoms with van der Waals surface area (Å²) in [5.74, 6) is 0.372. The number of piperidine rings is 1. The van der Waals surface area contributed by atoms with E-state index in [0.717, 1.165) is 36.1 Å². The summed E-state index contributed by atoms with van der Waals surface area (Å²) in [7, 11) is 0. The van der Waals surface area contributed by atoms with Crippen LogP contribution in [-0.4, -0.2) is 47.6 Å². The highest BCUT2D eigenvalue weighted by atomic mass is 16.5. The summed E-state index contributed by atoms with van der Waals surface area (Å²) in [6.45, 7) is 3.97. The number of nitrogens with zero attached hydrogens (tertiary/aromatic N) is 2. The van der Waals surface area contributed by atoms with E-state index in [4.69, 9.17) is 4.74 Å². The van der Waals surface area contributed by atoms with Crippen molar-refractivity contribution in [2.75, 3.05) is 24.6 Å². The molecule has 0 spiro atoms. The molecule has 0 aliphatic carbocycles. The first-order chi connectivity index (χ1) is 18.0. The van der Waals surface area contributed by atoms with Gasteiger partial charge in [-0.05, 0) is 73.7 Å². The molecule has 6 nitrogen and oxygen atoms in total. The Bertz CT molecular complexity index is 1170. The van der Waals surface area contributed by atoms with E-state index in [0.29, 0.717) is 25.4 Å². The largest absolute Gasteiger partial charge is 0.494 e. The highest BCUT2D eigenvalue weighted by molar-refractivity contribution is 6.22. The third-order valence-corrected chi connectivity index (χ3v) is 7.68. The lowest BCUT2D eigenvalue weighted by atomic mass is 9.72. The molecular formula is C31H34N2O4. The predicted molar refractivity (Wildman–Crippen MR) is 143 cm³/mol. The summed E-state index contributed by atoms with van der Waals surface area (Å²) in [5.41, 5.74) is 1.23. The molecule has 2 saturated heterocycles. The Morgan fingerprint density at radius 2 is 1.43 bits per heavy atom. The Balaban J connectivity index is 1.29. The maximum Gasteiger partial charge on any atom is 0.251 e. The smallest absolute Gasteiger partial charge is 0.251 e. The molecule has 192 valence electrons. The van der Waals surface area contributed by atoms with Crippen molar-refractivity contribution in [2.45, 2.75) is 44.2 Å². The van der Waals surface area contributed by atoms with Gasteiger partial charge in [-0.1, -0.05) is 67.6 Å². The molecule has 3 aromatic carbocycles. The van der Waals surface area contributed by atoms with Gasteiger partial charge in [0.15, 0.2) is 0 Å². The zero-order chi connectivity index (χ0) is 25.8. The van der Waals surface area contributed by atoms with Crippen LogP contribution in [0.15, 0.2) is 84.9 Å². The number of imide groups is 1. The number of benzene rings is 3. The molecule has 0 bridgehead atoms. The van der Waals surface area contributed by atoms with Crippen molar-refractivity contribution in [3.05, 3.63) is 96.1 Å². The molecule has 3 aromatic rings. The van der Waals surface area contributed by atoms with Crippen molar-refractivity contribution in [1.82, 2.24) is 4.90 Å². The van der Waals surface area contributed by atoms with E-state index in [1.165, 1.54) is 4.90 Å². The van der Waals surface area contributed by atoms with Crippen LogP contribution in [0.4, 0.5) is 5.69 Å². The van der Waals surface area contributed by atoms with Crippen molar-refractivity contribution < 1.29 is 19.4 Å². The van der Waals surface area contributed by atoms with Crippen LogP contribution in [0.5, 0.6) is 5.75 Å². The Morgan fingerprint density at radius 1 is 0.865 bits per heavy atom. The molecule has 6 heteroatoms. The van der Waals surface area contributed by atoms with Gasteiger partial charge in [0.1, 0.15) is 11.4 Å². The molecule has 2 heterocycles. The fourth-order valence-corrected chi connectivity index (χ4v) is 5.74. The predicted octanol–water partition coefficient (Wildman–Crippen LogP) is 4.76. The minimum Gasteiger partial charge on any atom is -0.494 e. The maximum atomic E-state index is 13.4. The Hall–Kier alpha value is -3.48. The molecule has 1 atom stereocenters. The Morgan fingerprint density at radius 3 is 1.97 bits per heavy atom. The minimum atomic E-state index is -1.11. The summed E-state index contributed by atoms with van der Waals surface area (Å²) >= 11 is 0. The molecule has 0 unspecified atom stereocenters. The van der Waals surface area contributed by atoms with Crippen molar-refractivity contribution >= 4 is 17.5 Å². The number of carbonyl (C=O) groups is 2. The highest BCUT2D eigenvalue weighted by Gasteiger charge is 2.46. The van der Waals surface area contributed by atoms with Crippen LogP contribution in [0, 0.1) is 5.92 Å². The average Bonchev–Trinajstić information content (AvgIpc) is 3.26. The molecule has 0 saturated carbocycles. The van der Waals surface area contributed by atoms with Crippen LogP contribution < -0.4 is 9.64 Å². The second kappa shape index (κ2) is 10.9. The van der Waals surface area contributed by atoms with Crippen LogP contribution in [-0.2, 0) is 15.2 Å². The number of amides is 2. The third kappa shape index (κ3) is 4.91. The van der Waals surface area contributed by atoms with E-state index < -0.39 is 11.6 Å². The van der Waals surface area contributed by atoms with Crippen molar-refractivity contribution in [3.8, 4) is 5.75 Å². The summed E-state index contributed by atoms with van der Waals surface area (Å²) in [6.07, 6.45) is 2.54. The van der Waals surface area contributed by atoms with E-state index in [9.17, 15) is 14.7 Å². The summed E-state index contributed by atoms with van der Waals surface area (Å²) in [4.78, 5) is 29.7. The molecule has 5 rings (SSSR count). The van der Waals surface area contributed by atoms with Gasteiger partial charge in [-0.3, -0.25) is 14.5 Å². The number of rotatable bonds is 8. The average molecular weight is 499 g/mol. The standard InChI is InChI=1S/C31H34N2O4/c1-2-21-37-27-15-13-26(14-16-27)33-29(34)22-28(30(33)35)32-19-17-25(18-20-32)31(36,23-9-5-3-6-10-23)24-11-7-4-8-12-24/h3-16,25,28,36H,2,17-22H2,1H3/t28-/m0/s1. The number of likely N-dealkylation sites (tertiary alicyclic amines) is 1. The van der Waals surface area contributed by atoms with E-state index >= 15 is 0 Å². The highest BCUT2D eigenvalue weighted by Crippen LogP contribution is 2.42. The van der Waals surface area contributed by atoms with Gasteiger partial charge in [0, 0.05) is 0 Å². The van der Waals surface area contributed by atoms with Crippen LogP contribution in [0.25, 0.3) is 0 Å². The molecule has 0 radical (unpaired) electrons. The first-order valence-electron chi connectivity index (χ1n) is 13.2. The molecule has 37 heavy (non-hydrogen) atoms. The molecule has 2 aliphatic rings. The lowest BCUT2D eigenvalue weighted by molar-refractivity contribution is -0.123. The summed E-state index contributed by atoms with van der Waals surface area (Å²) in [5, 5.41) is 12.1. The number of carbonyl (C=O) groups excluding carboxylic acids is 2. The number of ether oxygens (including phenoxy) is 1. The lowest BCUT2D eigenvalue weighted by Crippen LogP contribution is -2.49. The van der Waals surface area contributed by atoms with Crippen molar-refractivity contribution in [1.29, 1.82) is 0 Å². The van der Waals surface area contributed by atoms with Gasteiger partial charge in [-0.2, -0.15) is 0 Å². The second-order valence-corrected chi connectivity index (χ2v) is 9.94. The van der Waals surface area contributed by atoms with E-state index in [1.807, 2.05) is 67.6 Å². The molecular weight excluding hydrogens is 464 g/mol. The van der Waals surface area contributed by atoms with Crippen LogP contribution in [0.2, 0.25) is 0 Å². The van der Waals surface area contributed by atoms with Gasteiger partial charge < -0.3 is 9.84 Å². The monoisotopic (exact) mass is 498 g/mol. The Labute approximate surface area is 218 Å². The van der Waals surface area contributed by atoms with Gasteiger partial charge >= 0.3 is 0 Å². The van der Waals surface area contributed by atoms with Gasteiger partial charge in [-0.15, -0.1) is 0 Å². The van der Waals surface area contributed by atoms with Crippen LogP contribution >= 0.6 is 0 Å². The van der Waals surface area contributed by atoms with Crippen LogP contribution in [0.1, 0.15) is 43.7 Å². The van der Waals surface area contributed by atoms with Crippen LogP contribution in [0.3, 0.4) is 0 Å². The topological polar surface area (TPSA) is 70.1 Å². The third-order valence-electron chi connectivity index (χ3n) is 7.68. The van der Waals surface area contributed by atoms with E-state index in [1.54, 1.807) is 24.3 Å². The minimum absolute atomic E-state index is 0.00692. The number of aliphatic hydroxyl groups is 1. The second-order valence-electron chi connectivity index (χ2n) is 9.94. The summed E-state index contributed by atoms with van der Waals surface area (Å²) in [6, 6.07) is 26.4. The van der Waals surface area contributed by atoms with Gasteiger partial charge in [0.2, 0.25) is 5.91 Å². The van der Waals surface area contributed by atoms with E-state index in [2.05, 4.69) is 4.90 Å². The lowest BCUT2D eigenvalue weighted by Gasteiger charge is -2.43. The van der Waals surface area contributed by atoms with Gasteiger partial charge in [0.25, 0.3) is 5.91 Å². The zero-order valence-corrected chi connectivity index (χ0v) is 21.3. The molecule has 2 fully saturated rings. The molecule has 2 amide bonds. The number of hydrogen-bond donors (Lipinski definition) is 1. The maximum absolute atomic E-state index is 13.4. The molecule has 2 aliphatic heterocycles. The normalized spacial score (nSPS) is 19.4. The van der Waals surface area contributed by atoms with Crippen molar-refractivity contribution in [2.24, 2.45) is 5.92 Å². The quantitative estimate of drug-likeness (QED) is 0.454. The SMILES string of the molecule is CCCOc1ccc(N2C(=O)C[C@H](N3CCC(C(O)(c4ccccc4)c4ccccc4)CC3)C2=O)cc1. The van der Waals surface area contributed by atoms with Gasteiger partial charge in [-0.25, -0.2) is 4.90 Å². The van der Waals surface area contributed by atoms with Gasteiger partial charge in [0.05, 0.1) is 24.8 Å². The Kier molecular flexibility index (Phi) is 7.40. The van der Waals surface area contributed by atoms with E-state index in [-0.39, 0.29) is 24.2 Å².